The van der Waals surface area contributed by atoms with Crippen LogP contribution in [0.3, 0.4) is 0 Å². The minimum absolute atomic E-state index is 0.166. The first-order valence-corrected chi connectivity index (χ1v) is 6.64. The fraction of sp³-hybridized carbons (Fsp3) is 0.533. The van der Waals surface area contributed by atoms with Crippen LogP contribution in [0.5, 0.6) is 0 Å². The van der Waals surface area contributed by atoms with Gasteiger partial charge < -0.3 is 5.32 Å². The number of amides is 1. The Morgan fingerprint density at radius 3 is 2.83 bits per heavy atom. The van der Waals surface area contributed by atoms with Gasteiger partial charge in [0.15, 0.2) is 0 Å². The molecule has 0 radical (unpaired) electrons. The van der Waals surface area contributed by atoms with Gasteiger partial charge in [-0.3, -0.25) is 4.79 Å². The van der Waals surface area contributed by atoms with E-state index in [4.69, 9.17) is 0 Å². The van der Waals surface area contributed by atoms with Gasteiger partial charge in [-0.2, -0.15) is 0 Å². The number of benzene rings is 1. The van der Waals surface area contributed by atoms with E-state index in [1.807, 2.05) is 0 Å². The molecule has 98 valence electrons. The minimum Gasteiger partial charge on any atom is -0.349 e. The number of nitrogens with one attached hydrogen (secondary N) is 1. The maximum absolute atomic E-state index is 13.1. The lowest BCUT2D eigenvalue weighted by atomic mass is 9.78. The van der Waals surface area contributed by atoms with E-state index in [2.05, 4.69) is 19.2 Å². The zero-order chi connectivity index (χ0) is 13.1. The highest BCUT2D eigenvalue weighted by atomic mass is 19.1. The van der Waals surface area contributed by atoms with Crippen LogP contribution >= 0.6 is 0 Å². The molecule has 1 aromatic rings. The van der Waals surface area contributed by atoms with Crippen molar-refractivity contribution in [3.8, 4) is 0 Å². The summed E-state index contributed by atoms with van der Waals surface area (Å²) in [5.74, 6) is 0.584. The predicted molar refractivity (Wildman–Crippen MR) is 69.8 cm³/mol. The van der Waals surface area contributed by atoms with E-state index in [0.29, 0.717) is 17.4 Å². The van der Waals surface area contributed by atoms with Crippen molar-refractivity contribution in [3.63, 3.8) is 0 Å². The van der Waals surface area contributed by atoms with Gasteiger partial charge in [-0.1, -0.05) is 32.8 Å². The SMILES string of the molecule is C[C@@H]1[C@H](C)CCC[C@H]1NC(=O)c1cccc(F)c1. The van der Waals surface area contributed by atoms with E-state index in [0.717, 1.165) is 12.8 Å². The fourth-order valence-electron chi connectivity index (χ4n) is 2.67. The topological polar surface area (TPSA) is 29.1 Å². The van der Waals surface area contributed by atoms with Crippen molar-refractivity contribution in [1.29, 1.82) is 0 Å². The van der Waals surface area contributed by atoms with Gasteiger partial charge in [0.25, 0.3) is 5.91 Å². The number of halogens is 1. The molecule has 1 N–H and O–H groups in total. The van der Waals surface area contributed by atoms with Crippen molar-refractivity contribution in [2.24, 2.45) is 11.8 Å². The third-order valence-corrected chi connectivity index (χ3v) is 4.11. The largest absolute Gasteiger partial charge is 0.349 e. The molecule has 1 aliphatic rings. The second-order valence-electron chi connectivity index (χ2n) is 5.36. The van der Waals surface area contributed by atoms with Gasteiger partial charge in [0.05, 0.1) is 0 Å². The van der Waals surface area contributed by atoms with Crippen LogP contribution in [0.15, 0.2) is 24.3 Å². The van der Waals surface area contributed by atoms with E-state index in [-0.39, 0.29) is 17.8 Å². The zero-order valence-corrected chi connectivity index (χ0v) is 10.9. The monoisotopic (exact) mass is 249 g/mol. The second kappa shape index (κ2) is 5.51. The zero-order valence-electron chi connectivity index (χ0n) is 10.9. The first kappa shape index (κ1) is 13.1. The summed E-state index contributed by atoms with van der Waals surface area (Å²) in [4.78, 5) is 12.0. The van der Waals surface area contributed by atoms with Crippen LogP contribution in [0.2, 0.25) is 0 Å². The van der Waals surface area contributed by atoms with Crippen LogP contribution in [0.4, 0.5) is 4.39 Å². The molecule has 2 rings (SSSR count). The van der Waals surface area contributed by atoms with Crippen LogP contribution in [0, 0.1) is 17.7 Å². The number of hydrogen-bond acceptors (Lipinski definition) is 1. The molecule has 2 nitrogen and oxygen atoms in total. The Morgan fingerprint density at radius 2 is 2.11 bits per heavy atom. The number of carbonyl (C=O) groups is 1. The third kappa shape index (κ3) is 2.89. The lowest BCUT2D eigenvalue weighted by Crippen LogP contribution is -2.43. The Labute approximate surface area is 108 Å². The van der Waals surface area contributed by atoms with Gasteiger partial charge in [0.2, 0.25) is 0 Å². The van der Waals surface area contributed by atoms with Gasteiger partial charge in [-0.25, -0.2) is 4.39 Å². The maximum atomic E-state index is 13.1. The van der Waals surface area contributed by atoms with Crippen molar-refractivity contribution in [2.75, 3.05) is 0 Å². The Hall–Kier alpha value is -1.38. The third-order valence-electron chi connectivity index (χ3n) is 4.11. The van der Waals surface area contributed by atoms with Gasteiger partial charge in [-0.05, 0) is 36.5 Å². The Kier molecular flexibility index (Phi) is 4.00. The summed E-state index contributed by atoms with van der Waals surface area (Å²) < 4.78 is 13.1. The van der Waals surface area contributed by atoms with Crippen molar-refractivity contribution in [1.82, 2.24) is 5.32 Å². The van der Waals surface area contributed by atoms with E-state index < -0.39 is 0 Å². The summed E-state index contributed by atoms with van der Waals surface area (Å²) in [6.45, 7) is 4.41. The lowest BCUT2D eigenvalue weighted by molar-refractivity contribution is 0.0890. The molecule has 0 saturated heterocycles. The molecule has 0 heterocycles. The van der Waals surface area contributed by atoms with Crippen molar-refractivity contribution in [2.45, 2.75) is 39.2 Å². The average Bonchev–Trinajstić information content (AvgIpc) is 2.35. The molecule has 0 bridgehead atoms. The average molecular weight is 249 g/mol. The summed E-state index contributed by atoms with van der Waals surface area (Å²) in [6.07, 6.45) is 3.40. The molecule has 1 fully saturated rings. The van der Waals surface area contributed by atoms with Crippen LogP contribution in [0.1, 0.15) is 43.5 Å². The van der Waals surface area contributed by atoms with Crippen LogP contribution < -0.4 is 5.32 Å². The normalized spacial score (nSPS) is 27.8. The van der Waals surface area contributed by atoms with Gasteiger partial charge in [0.1, 0.15) is 5.82 Å². The quantitative estimate of drug-likeness (QED) is 0.855. The first-order valence-electron chi connectivity index (χ1n) is 6.64. The van der Waals surface area contributed by atoms with Gasteiger partial charge >= 0.3 is 0 Å². The van der Waals surface area contributed by atoms with Gasteiger partial charge in [0, 0.05) is 11.6 Å². The fourth-order valence-corrected chi connectivity index (χ4v) is 2.67. The number of hydrogen-bond donors (Lipinski definition) is 1. The predicted octanol–water partition coefficient (Wildman–Crippen LogP) is 3.38. The van der Waals surface area contributed by atoms with Crippen LogP contribution in [0.25, 0.3) is 0 Å². The van der Waals surface area contributed by atoms with Crippen molar-refractivity contribution in [3.05, 3.63) is 35.6 Å². The molecule has 1 aliphatic carbocycles. The van der Waals surface area contributed by atoms with Crippen molar-refractivity contribution >= 4 is 5.91 Å². The van der Waals surface area contributed by atoms with Gasteiger partial charge in [-0.15, -0.1) is 0 Å². The molecule has 0 aromatic heterocycles. The molecule has 3 atom stereocenters. The number of rotatable bonds is 2. The maximum Gasteiger partial charge on any atom is 0.251 e. The summed E-state index contributed by atoms with van der Waals surface area (Å²) in [5, 5.41) is 3.04. The molecular weight excluding hydrogens is 229 g/mol. The highest BCUT2D eigenvalue weighted by Gasteiger charge is 2.28. The Morgan fingerprint density at radius 1 is 1.33 bits per heavy atom. The molecule has 18 heavy (non-hydrogen) atoms. The second-order valence-corrected chi connectivity index (χ2v) is 5.36. The Balaban J connectivity index is 2.03. The van der Waals surface area contributed by atoms with E-state index in [1.54, 1.807) is 12.1 Å². The summed E-state index contributed by atoms with van der Waals surface area (Å²) in [7, 11) is 0. The smallest absolute Gasteiger partial charge is 0.251 e. The standard InChI is InChI=1S/C15H20FNO/c1-10-5-3-8-14(11(10)2)17-15(18)12-6-4-7-13(16)9-12/h4,6-7,9-11,14H,3,5,8H2,1-2H3,(H,17,18)/t10-,11-,14-/m1/s1. The molecule has 1 saturated carbocycles. The molecule has 0 unspecified atom stereocenters. The number of carbonyl (C=O) groups excluding carboxylic acids is 1. The Bertz CT molecular complexity index is 432. The summed E-state index contributed by atoms with van der Waals surface area (Å²) in [5.41, 5.74) is 0.403. The first-order chi connectivity index (χ1) is 8.58. The molecular formula is C15H20FNO. The molecule has 1 aromatic carbocycles. The lowest BCUT2D eigenvalue weighted by Gasteiger charge is -2.34. The summed E-state index contributed by atoms with van der Waals surface area (Å²) in [6, 6.07) is 6.06. The molecule has 0 aliphatic heterocycles. The molecule has 3 heteroatoms. The van der Waals surface area contributed by atoms with Crippen molar-refractivity contribution < 1.29 is 9.18 Å². The van der Waals surface area contributed by atoms with E-state index >= 15 is 0 Å². The highest BCUT2D eigenvalue weighted by Crippen LogP contribution is 2.29. The van der Waals surface area contributed by atoms with Crippen LogP contribution in [-0.2, 0) is 0 Å². The molecule has 0 spiro atoms. The minimum atomic E-state index is -0.368. The van der Waals surface area contributed by atoms with E-state index in [9.17, 15) is 9.18 Å². The van der Waals surface area contributed by atoms with Crippen LogP contribution in [-0.4, -0.2) is 11.9 Å². The summed E-state index contributed by atoms with van der Waals surface area (Å²) >= 11 is 0. The molecule has 1 amide bonds. The van der Waals surface area contributed by atoms with E-state index in [1.165, 1.54) is 18.6 Å². The highest BCUT2D eigenvalue weighted by molar-refractivity contribution is 5.94.